The highest BCUT2D eigenvalue weighted by molar-refractivity contribution is 5.98. The van der Waals surface area contributed by atoms with E-state index in [9.17, 15) is 14.4 Å². The van der Waals surface area contributed by atoms with Gasteiger partial charge in [0.05, 0.1) is 19.8 Å². The molecule has 8 heteroatoms. The Kier molecular flexibility index (Phi) is 6.77. The largest absolute Gasteiger partial charge is 0.378 e. The molecule has 0 saturated carbocycles. The molecule has 0 aliphatic carbocycles. The zero-order chi connectivity index (χ0) is 23.6. The fraction of sp³-hybridized carbons (Fsp3) is 0.640. The van der Waals surface area contributed by atoms with Gasteiger partial charge in [0.15, 0.2) is 0 Å². The fourth-order valence-electron chi connectivity index (χ4n) is 4.94. The summed E-state index contributed by atoms with van der Waals surface area (Å²) in [6.45, 7) is 9.39. The SMILES string of the molecule is CC(C)(C)CC(=O)N1CCC2(CC1)OCC(C(=O)N1CCOCC1)N2C(=O)c1ccccc1. The molecule has 0 aromatic heterocycles. The number of ether oxygens (including phenoxy) is 2. The molecule has 1 spiro atoms. The number of likely N-dealkylation sites (tertiary alicyclic amines) is 1. The number of amides is 3. The Hall–Kier alpha value is -2.45. The number of nitrogens with zero attached hydrogens (tertiary/aromatic N) is 3. The molecule has 3 fully saturated rings. The molecule has 3 heterocycles. The summed E-state index contributed by atoms with van der Waals surface area (Å²) in [4.78, 5) is 45.2. The Bertz CT molecular complexity index is 868. The predicted molar refractivity (Wildman–Crippen MR) is 122 cm³/mol. The first-order chi connectivity index (χ1) is 15.7. The highest BCUT2D eigenvalue weighted by Crippen LogP contribution is 2.39. The zero-order valence-electron chi connectivity index (χ0n) is 19.9. The topological polar surface area (TPSA) is 79.4 Å². The van der Waals surface area contributed by atoms with Gasteiger partial charge in [-0.2, -0.15) is 0 Å². The van der Waals surface area contributed by atoms with Crippen molar-refractivity contribution in [3.63, 3.8) is 0 Å². The third kappa shape index (κ3) is 5.06. The monoisotopic (exact) mass is 457 g/mol. The number of piperidine rings is 1. The van der Waals surface area contributed by atoms with Crippen LogP contribution in [-0.2, 0) is 19.1 Å². The standard InChI is InChI=1S/C25H35N3O5/c1-24(2,3)17-21(29)26-11-9-25(10-12-26)28(22(30)19-7-5-4-6-8-19)20(18-33-25)23(31)27-13-15-32-16-14-27/h4-8,20H,9-18H2,1-3H3. The zero-order valence-corrected chi connectivity index (χ0v) is 19.9. The molecule has 1 aromatic rings. The van der Waals surface area contributed by atoms with Gasteiger partial charge in [-0.05, 0) is 17.5 Å². The minimum atomic E-state index is -0.877. The van der Waals surface area contributed by atoms with Gasteiger partial charge in [-0.15, -0.1) is 0 Å². The maximum Gasteiger partial charge on any atom is 0.256 e. The van der Waals surface area contributed by atoms with E-state index in [1.807, 2.05) is 23.1 Å². The summed E-state index contributed by atoms with van der Waals surface area (Å²) in [6, 6.07) is 8.38. The van der Waals surface area contributed by atoms with Gasteiger partial charge < -0.3 is 19.3 Å². The van der Waals surface area contributed by atoms with Crippen molar-refractivity contribution in [2.24, 2.45) is 5.41 Å². The summed E-state index contributed by atoms with van der Waals surface area (Å²) in [5, 5.41) is 0. The number of benzene rings is 1. The molecule has 1 atom stereocenters. The molecular weight excluding hydrogens is 422 g/mol. The van der Waals surface area contributed by atoms with Crippen LogP contribution in [0.3, 0.4) is 0 Å². The van der Waals surface area contributed by atoms with Gasteiger partial charge in [-0.3, -0.25) is 19.3 Å². The molecule has 8 nitrogen and oxygen atoms in total. The average molecular weight is 458 g/mol. The van der Waals surface area contributed by atoms with Crippen LogP contribution in [0.5, 0.6) is 0 Å². The van der Waals surface area contributed by atoms with Crippen molar-refractivity contribution >= 4 is 17.7 Å². The first kappa shape index (κ1) is 23.7. The fourth-order valence-corrected chi connectivity index (χ4v) is 4.94. The summed E-state index contributed by atoms with van der Waals surface area (Å²) >= 11 is 0. The lowest BCUT2D eigenvalue weighted by Crippen LogP contribution is -2.60. The van der Waals surface area contributed by atoms with Crippen molar-refractivity contribution in [1.29, 1.82) is 0 Å². The molecule has 33 heavy (non-hydrogen) atoms. The maximum atomic E-state index is 13.7. The highest BCUT2D eigenvalue weighted by atomic mass is 16.5. The smallest absolute Gasteiger partial charge is 0.256 e. The highest BCUT2D eigenvalue weighted by Gasteiger charge is 2.55. The van der Waals surface area contributed by atoms with Gasteiger partial charge >= 0.3 is 0 Å². The Morgan fingerprint density at radius 2 is 1.61 bits per heavy atom. The van der Waals surface area contributed by atoms with Crippen LogP contribution in [0, 0.1) is 5.41 Å². The van der Waals surface area contributed by atoms with Crippen molar-refractivity contribution in [2.45, 2.75) is 51.8 Å². The molecule has 3 saturated heterocycles. The van der Waals surface area contributed by atoms with Crippen molar-refractivity contribution in [1.82, 2.24) is 14.7 Å². The van der Waals surface area contributed by atoms with Crippen molar-refractivity contribution in [3.8, 4) is 0 Å². The average Bonchev–Trinajstić information content (AvgIpc) is 3.17. The van der Waals surface area contributed by atoms with Crippen LogP contribution in [0.15, 0.2) is 30.3 Å². The molecule has 3 amide bonds. The Morgan fingerprint density at radius 3 is 2.21 bits per heavy atom. The van der Waals surface area contributed by atoms with E-state index in [1.165, 1.54) is 0 Å². The summed E-state index contributed by atoms with van der Waals surface area (Å²) in [5.74, 6) is -0.169. The third-order valence-electron chi connectivity index (χ3n) is 6.69. The second kappa shape index (κ2) is 9.43. The summed E-state index contributed by atoms with van der Waals surface area (Å²) < 4.78 is 11.7. The summed E-state index contributed by atoms with van der Waals surface area (Å²) in [6.07, 6.45) is 1.47. The number of hydrogen-bond donors (Lipinski definition) is 0. The first-order valence-electron chi connectivity index (χ1n) is 11.9. The Labute approximate surface area is 195 Å². The number of rotatable bonds is 3. The number of carbonyl (C=O) groups excluding carboxylic acids is 3. The molecular formula is C25H35N3O5. The minimum Gasteiger partial charge on any atom is -0.378 e. The number of morpholine rings is 1. The van der Waals surface area contributed by atoms with Crippen LogP contribution in [0.25, 0.3) is 0 Å². The number of hydrogen-bond acceptors (Lipinski definition) is 5. The molecule has 0 N–H and O–H groups in total. The van der Waals surface area contributed by atoms with Gasteiger partial charge in [0, 0.05) is 51.0 Å². The predicted octanol–water partition coefficient (Wildman–Crippen LogP) is 2.14. The van der Waals surface area contributed by atoms with E-state index in [0.717, 1.165) is 0 Å². The van der Waals surface area contributed by atoms with E-state index in [0.29, 0.717) is 64.2 Å². The van der Waals surface area contributed by atoms with E-state index >= 15 is 0 Å². The summed E-state index contributed by atoms with van der Waals surface area (Å²) in [5.41, 5.74) is -0.424. The van der Waals surface area contributed by atoms with Crippen LogP contribution in [0.2, 0.25) is 0 Å². The molecule has 3 aliphatic heterocycles. The number of carbonyl (C=O) groups is 3. The Morgan fingerprint density at radius 1 is 0.970 bits per heavy atom. The molecule has 4 rings (SSSR count). The van der Waals surface area contributed by atoms with Gasteiger partial charge in [0.1, 0.15) is 11.8 Å². The molecule has 0 radical (unpaired) electrons. The second-order valence-electron chi connectivity index (χ2n) is 10.4. The lowest BCUT2D eigenvalue weighted by molar-refractivity contribution is -0.147. The van der Waals surface area contributed by atoms with Crippen LogP contribution in [0.4, 0.5) is 0 Å². The van der Waals surface area contributed by atoms with Crippen molar-refractivity contribution < 1.29 is 23.9 Å². The first-order valence-corrected chi connectivity index (χ1v) is 11.9. The van der Waals surface area contributed by atoms with E-state index in [1.54, 1.807) is 21.9 Å². The Balaban J connectivity index is 1.56. The molecule has 1 aromatic carbocycles. The third-order valence-corrected chi connectivity index (χ3v) is 6.69. The van der Waals surface area contributed by atoms with E-state index in [2.05, 4.69) is 20.8 Å². The van der Waals surface area contributed by atoms with Gasteiger partial charge in [-0.1, -0.05) is 39.0 Å². The van der Waals surface area contributed by atoms with E-state index in [4.69, 9.17) is 9.47 Å². The second-order valence-corrected chi connectivity index (χ2v) is 10.4. The van der Waals surface area contributed by atoms with Crippen LogP contribution >= 0.6 is 0 Å². The molecule has 0 bridgehead atoms. The van der Waals surface area contributed by atoms with Crippen molar-refractivity contribution in [2.75, 3.05) is 46.0 Å². The van der Waals surface area contributed by atoms with E-state index in [-0.39, 0.29) is 29.7 Å². The maximum absolute atomic E-state index is 13.7. The minimum absolute atomic E-state index is 0.0823. The van der Waals surface area contributed by atoms with Gasteiger partial charge in [0.2, 0.25) is 11.8 Å². The van der Waals surface area contributed by atoms with Crippen LogP contribution in [0.1, 0.15) is 50.4 Å². The molecule has 1 unspecified atom stereocenters. The lowest BCUT2D eigenvalue weighted by Gasteiger charge is -2.45. The molecule has 180 valence electrons. The van der Waals surface area contributed by atoms with E-state index < -0.39 is 11.8 Å². The van der Waals surface area contributed by atoms with Crippen LogP contribution < -0.4 is 0 Å². The van der Waals surface area contributed by atoms with Gasteiger partial charge in [-0.25, -0.2) is 0 Å². The van der Waals surface area contributed by atoms with Crippen molar-refractivity contribution in [3.05, 3.63) is 35.9 Å². The normalized spacial score (nSPS) is 23.1. The quantitative estimate of drug-likeness (QED) is 0.695. The van der Waals surface area contributed by atoms with Gasteiger partial charge in [0.25, 0.3) is 5.91 Å². The lowest BCUT2D eigenvalue weighted by atomic mass is 9.90. The van der Waals surface area contributed by atoms with Crippen LogP contribution in [-0.4, -0.2) is 90.2 Å². The summed E-state index contributed by atoms with van der Waals surface area (Å²) in [7, 11) is 0. The molecule has 3 aliphatic rings.